The molecular weight excluding hydrogens is 695 g/mol. The first-order chi connectivity index (χ1) is 25.2. The molecule has 266 valence electrons. The van der Waals surface area contributed by atoms with Crippen molar-refractivity contribution >= 4 is 40.2 Å². The van der Waals surface area contributed by atoms with Crippen LogP contribution in [0, 0.1) is 17.7 Å². The zero-order chi connectivity index (χ0) is 36.3. The zero-order valence-corrected chi connectivity index (χ0v) is 29.0. The molecule has 52 heavy (non-hydrogen) atoms. The number of aromatic nitrogens is 1. The highest BCUT2D eigenvalue weighted by molar-refractivity contribution is 6.45. The quantitative estimate of drug-likeness (QED) is 0.107. The normalized spacial score (nSPS) is 19.8. The Balaban J connectivity index is 1.20. The number of nitrogens with one attached hydrogen (secondary N) is 1. The maximum atomic E-state index is 14.6. The Kier molecular flexibility index (Phi) is 8.41. The number of ether oxygens (including phenoxy) is 6. The van der Waals surface area contributed by atoms with Crippen LogP contribution in [0.2, 0.25) is 5.02 Å². The number of rotatable bonds is 9. The van der Waals surface area contributed by atoms with Crippen molar-refractivity contribution < 1.29 is 47.2 Å². The summed E-state index contributed by atoms with van der Waals surface area (Å²) in [5.74, 6) is -2.67. The Morgan fingerprint density at radius 2 is 1.63 bits per heavy atom. The predicted octanol–water partition coefficient (Wildman–Crippen LogP) is 6.21. The molecule has 13 heteroatoms. The molecule has 1 amide bonds. The van der Waals surface area contributed by atoms with Crippen molar-refractivity contribution in [3.05, 3.63) is 112 Å². The van der Waals surface area contributed by atoms with Gasteiger partial charge in [0.25, 0.3) is 11.7 Å². The van der Waals surface area contributed by atoms with Crippen molar-refractivity contribution in [2.24, 2.45) is 11.8 Å². The van der Waals surface area contributed by atoms with Gasteiger partial charge in [-0.15, -0.1) is 0 Å². The molecule has 1 aliphatic carbocycles. The Labute approximate surface area is 302 Å². The van der Waals surface area contributed by atoms with E-state index in [0.29, 0.717) is 56.0 Å². The molecule has 0 spiro atoms. The van der Waals surface area contributed by atoms with Gasteiger partial charge >= 0.3 is 5.97 Å². The number of hydrogen-bond donors (Lipinski definition) is 1. The van der Waals surface area contributed by atoms with Gasteiger partial charge in [0.2, 0.25) is 12.5 Å². The first-order valence-electron chi connectivity index (χ1n) is 16.5. The van der Waals surface area contributed by atoms with Crippen LogP contribution < -0.4 is 29.0 Å². The number of benzene rings is 4. The molecule has 0 radical (unpaired) electrons. The highest BCUT2D eigenvalue weighted by Gasteiger charge is 2.53. The van der Waals surface area contributed by atoms with Crippen LogP contribution in [-0.4, -0.2) is 57.0 Å². The number of cyclic esters (lactones) is 1. The first kappa shape index (κ1) is 33.4. The number of Topliss-reactive ketones (excluding diaryl/α,β-unsaturated/α-hetero) is 1. The summed E-state index contributed by atoms with van der Waals surface area (Å²) >= 11 is 6.43. The molecule has 3 heterocycles. The van der Waals surface area contributed by atoms with Gasteiger partial charge in [0.05, 0.1) is 45.5 Å². The number of fused-ring (bicyclic) bond motifs is 4. The average Bonchev–Trinajstić information content (AvgIpc) is 3.87. The first-order valence-corrected chi connectivity index (χ1v) is 16.9. The molecule has 4 atom stereocenters. The fourth-order valence-electron chi connectivity index (χ4n) is 7.75. The van der Waals surface area contributed by atoms with E-state index in [9.17, 15) is 18.8 Å². The number of carbonyl (C=O) groups is 3. The molecule has 3 aliphatic rings. The van der Waals surface area contributed by atoms with E-state index in [1.807, 2.05) is 18.2 Å². The van der Waals surface area contributed by atoms with Gasteiger partial charge in [0, 0.05) is 40.5 Å². The van der Waals surface area contributed by atoms with E-state index in [2.05, 4.69) is 5.32 Å². The van der Waals surface area contributed by atoms with Gasteiger partial charge in [-0.3, -0.25) is 14.4 Å². The highest BCUT2D eigenvalue weighted by atomic mass is 35.5. The second kappa shape index (κ2) is 13.1. The van der Waals surface area contributed by atoms with Crippen LogP contribution >= 0.6 is 11.6 Å². The molecular formula is C39H32ClFN2O9. The predicted molar refractivity (Wildman–Crippen MR) is 186 cm³/mol. The average molecular weight is 727 g/mol. The molecule has 2 aliphatic heterocycles. The number of methoxy groups -OCH3 is 3. The highest BCUT2D eigenvalue weighted by Crippen LogP contribution is 2.55. The number of carbonyl (C=O) groups excluding carboxylic acids is 3. The monoisotopic (exact) mass is 726 g/mol. The molecule has 1 N–H and O–H groups in total. The lowest BCUT2D eigenvalue weighted by molar-refractivity contribution is -0.141. The van der Waals surface area contributed by atoms with E-state index in [1.165, 1.54) is 39.7 Å². The summed E-state index contributed by atoms with van der Waals surface area (Å²) in [6, 6.07) is 17.6. The van der Waals surface area contributed by atoms with Gasteiger partial charge in [-0.2, -0.15) is 0 Å². The third kappa shape index (κ3) is 5.45. The van der Waals surface area contributed by atoms with Crippen LogP contribution in [0.15, 0.2) is 72.9 Å². The minimum absolute atomic E-state index is 0.00764. The third-order valence-corrected chi connectivity index (χ3v) is 10.5. The van der Waals surface area contributed by atoms with E-state index in [1.54, 1.807) is 41.0 Å². The summed E-state index contributed by atoms with van der Waals surface area (Å²) in [6.07, 6.45) is 1.54. The Morgan fingerprint density at radius 1 is 0.923 bits per heavy atom. The van der Waals surface area contributed by atoms with E-state index in [0.717, 1.165) is 5.56 Å². The van der Waals surface area contributed by atoms with Gasteiger partial charge < -0.3 is 38.3 Å². The molecule has 0 bridgehead atoms. The molecule has 0 saturated carbocycles. The van der Waals surface area contributed by atoms with E-state index < -0.39 is 47.3 Å². The third-order valence-electron chi connectivity index (χ3n) is 10.1. The van der Waals surface area contributed by atoms with Crippen LogP contribution in [0.4, 0.5) is 4.39 Å². The molecule has 4 aromatic carbocycles. The van der Waals surface area contributed by atoms with Crippen molar-refractivity contribution in [1.29, 1.82) is 0 Å². The molecule has 0 unspecified atom stereocenters. The maximum Gasteiger partial charge on any atom is 0.310 e. The summed E-state index contributed by atoms with van der Waals surface area (Å²) in [5.41, 5.74) is 3.32. The summed E-state index contributed by atoms with van der Waals surface area (Å²) in [6.45, 7) is 0.261. The number of hydrogen-bond acceptors (Lipinski definition) is 9. The minimum Gasteiger partial charge on any atom is -0.493 e. The van der Waals surface area contributed by atoms with Crippen molar-refractivity contribution in [3.63, 3.8) is 0 Å². The number of nitrogens with zero attached hydrogens (tertiary/aromatic N) is 1. The van der Waals surface area contributed by atoms with Crippen LogP contribution in [0.5, 0.6) is 28.7 Å². The zero-order valence-electron chi connectivity index (χ0n) is 28.2. The Bertz CT molecular complexity index is 2260. The fourth-order valence-corrected chi connectivity index (χ4v) is 7.94. The maximum absolute atomic E-state index is 14.6. The smallest absolute Gasteiger partial charge is 0.310 e. The lowest BCUT2D eigenvalue weighted by atomic mass is 9.65. The molecule has 8 rings (SSSR count). The molecule has 1 fully saturated rings. The van der Waals surface area contributed by atoms with Crippen molar-refractivity contribution in [1.82, 2.24) is 9.88 Å². The number of halogens is 2. The summed E-state index contributed by atoms with van der Waals surface area (Å²) in [7, 11) is 4.51. The fraction of sp³-hybridized carbons (Fsp3) is 0.256. The van der Waals surface area contributed by atoms with Crippen LogP contribution in [-0.2, 0) is 20.9 Å². The SMILES string of the molecule is COc1cc([C@@H]2c3cc4c(cc3[C@H](NC(=O)C(=O)c3cn(Cc5ccccc5Cl)c5ccc(F)cc35)[C@H]3COC(=O)[C@H]23)OCO4)cc(OC)c1OC. The molecule has 5 aromatic rings. The largest absolute Gasteiger partial charge is 0.493 e. The van der Waals surface area contributed by atoms with Crippen LogP contribution in [0.3, 0.4) is 0 Å². The van der Waals surface area contributed by atoms with Crippen LogP contribution in [0.25, 0.3) is 10.9 Å². The topological polar surface area (TPSA) is 124 Å². The van der Waals surface area contributed by atoms with E-state index in [-0.39, 0.29) is 30.9 Å². The lowest BCUT2D eigenvalue weighted by Gasteiger charge is -2.39. The number of ketones is 1. The van der Waals surface area contributed by atoms with Crippen molar-refractivity contribution in [2.45, 2.75) is 18.5 Å². The van der Waals surface area contributed by atoms with E-state index >= 15 is 0 Å². The van der Waals surface area contributed by atoms with Gasteiger partial charge in [0.1, 0.15) is 5.82 Å². The lowest BCUT2D eigenvalue weighted by Crippen LogP contribution is -2.44. The second-order valence-corrected chi connectivity index (χ2v) is 13.2. The van der Waals surface area contributed by atoms with Gasteiger partial charge in [-0.05, 0) is 70.8 Å². The van der Waals surface area contributed by atoms with Gasteiger partial charge in [-0.25, -0.2) is 4.39 Å². The standard InChI is InChI=1S/C39H32ClFN2O9/c1-47-31-10-20(11-32(48-2)37(31)49-3)33-23-13-29-30(52-18-51-29)14-24(23)35(26-17-50-39(46)34(26)33)42-38(45)36(44)25-16-43(15-19-6-4-5-7-27(19)40)28-9-8-21(41)12-22(25)28/h4-14,16,26,33-35H,15,17-18H2,1-3H3,(H,42,45)/t26-,33+,34-,35-/m0/s1. The van der Waals surface area contributed by atoms with Crippen LogP contribution in [0.1, 0.15) is 44.6 Å². The minimum atomic E-state index is -0.931. The summed E-state index contributed by atoms with van der Waals surface area (Å²) < 4.78 is 50.3. The number of amides is 1. The van der Waals surface area contributed by atoms with Crippen molar-refractivity contribution in [3.8, 4) is 28.7 Å². The summed E-state index contributed by atoms with van der Waals surface area (Å²) in [4.78, 5) is 41.7. The molecule has 1 saturated heterocycles. The van der Waals surface area contributed by atoms with Gasteiger partial charge in [-0.1, -0.05) is 29.8 Å². The Morgan fingerprint density at radius 3 is 2.33 bits per heavy atom. The van der Waals surface area contributed by atoms with Gasteiger partial charge in [0.15, 0.2) is 23.0 Å². The van der Waals surface area contributed by atoms with E-state index in [4.69, 9.17) is 40.0 Å². The molecule has 1 aromatic heterocycles. The summed E-state index contributed by atoms with van der Waals surface area (Å²) in [5, 5.41) is 3.74. The Hall–Kier alpha value is -5.75. The molecule has 11 nitrogen and oxygen atoms in total. The second-order valence-electron chi connectivity index (χ2n) is 12.8. The number of esters is 1. The van der Waals surface area contributed by atoms with Crippen molar-refractivity contribution in [2.75, 3.05) is 34.7 Å².